The van der Waals surface area contributed by atoms with Crippen LogP contribution in [0.25, 0.3) is 11.4 Å². The van der Waals surface area contributed by atoms with Crippen LogP contribution < -0.4 is 5.32 Å². The van der Waals surface area contributed by atoms with Gasteiger partial charge >= 0.3 is 0 Å². The molecule has 2 aromatic rings. The van der Waals surface area contributed by atoms with Crippen molar-refractivity contribution in [1.29, 1.82) is 15.8 Å². The number of benzene rings is 1. The molecule has 0 radical (unpaired) electrons. The highest BCUT2D eigenvalue weighted by Crippen LogP contribution is 2.25. The molecule has 20 heavy (non-hydrogen) atoms. The molecule has 0 atom stereocenters. The fraction of sp³-hybridized carbons (Fsp3) is 0. The Balaban J connectivity index is 2.47. The van der Waals surface area contributed by atoms with Crippen molar-refractivity contribution in [3.05, 3.63) is 35.5 Å². The van der Waals surface area contributed by atoms with E-state index in [4.69, 9.17) is 15.8 Å². The second-order valence-corrected chi connectivity index (χ2v) is 3.49. The van der Waals surface area contributed by atoms with Crippen molar-refractivity contribution in [1.82, 2.24) is 20.6 Å². The number of nitriles is 3. The third-order valence-corrected chi connectivity index (χ3v) is 2.36. The zero-order valence-electron chi connectivity index (χ0n) is 9.99. The second-order valence-electron chi connectivity index (χ2n) is 3.49. The maximum Gasteiger partial charge on any atom is 0.206 e. The van der Waals surface area contributed by atoms with Gasteiger partial charge in [0.1, 0.15) is 23.9 Å². The molecule has 1 heterocycles. The summed E-state index contributed by atoms with van der Waals surface area (Å²) >= 11 is 0. The minimum absolute atomic E-state index is 0.133. The molecule has 8 heteroatoms. The highest BCUT2D eigenvalue weighted by Gasteiger charge is 2.12. The van der Waals surface area contributed by atoms with Gasteiger partial charge < -0.3 is 5.32 Å². The van der Waals surface area contributed by atoms with Gasteiger partial charge in [-0.05, 0) is 17.3 Å². The maximum atomic E-state index is 9.02. The standard InChI is InChI=1S/C12H6N8/c13-5-8(6-14)11(7-15)16-10-4-2-1-3-9(10)12-17-19-20-18-12/h1-4,16H,(H,17,18,19,20). The average molecular weight is 262 g/mol. The van der Waals surface area contributed by atoms with Gasteiger partial charge in [-0.3, -0.25) is 0 Å². The van der Waals surface area contributed by atoms with Crippen molar-refractivity contribution in [3.63, 3.8) is 0 Å². The Morgan fingerprint density at radius 1 is 1.10 bits per heavy atom. The SMILES string of the molecule is N#CC(C#N)=C(C#N)Nc1ccccc1-c1nn[nH]n1. The zero-order chi connectivity index (χ0) is 14.4. The van der Waals surface area contributed by atoms with E-state index in [-0.39, 0.29) is 11.3 Å². The van der Waals surface area contributed by atoms with Crippen molar-refractivity contribution in [2.45, 2.75) is 0 Å². The summed E-state index contributed by atoms with van der Waals surface area (Å²) in [6.07, 6.45) is 0. The van der Waals surface area contributed by atoms with Gasteiger partial charge in [0, 0.05) is 5.56 Å². The summed E-state index contributed by atoms with van der Waals surface area (Å²) in [5.41, 5.74) is 0.652. The highest BCUT2D eigenvalue weighted by molar-refractivity contribution is 5.75. The number of H-pyrrole nitrogens is 1. The number of aromatic nitrogens is 4. The van der Waals surface area contributed by atoms with Crippen LogP contribution in [-0.2, 0) is 0 Å². The van der Waals surface area contributed by atoms with Crippen LogP contribution in [0.3, 0.4) is 0 Å². The van der Waals surface area contributed by atoms with Crippen molar-refractivity contribution in [3.8, 4) is 29.6 Å². The summed E-state index contributed by atoms with van der Waals surface area (Å²) in [4.78, 5) is 0. The Labute approximate surface area is 113 Å². The van der Waals surface area contributed by atoms with Crippen LogP contribution in [0.2, 0.25) is 0 Å². The summed E-state index contributed by atoms with van der Waals surface area (Å²) in [6, 6.07) is 12.0. The molecule has 94 valence electrons. The van der Waals surface area contributed by atoms with Crippen molar-refractivity contribution < 1.29 is 0 Å². The van der Waals surface area contributed by atoms with E-state index in [1.54, 1.807) is 42.5 Å². The Hall–Kier alpha value is -3.70. The second kappa shape index (κ2) is 5.76. The molecular weight excluding hydrogens is 256 g/mol. The first-order valence-corrected chi connectivity index (χ1v) is 5.34. The van der Waals surface area contributed by atoms with Gasteiger partial charge in [-0.2, -0.15) is 21.0 Å². The number of para-hydroxylation sites is 1. The smallest absolute Gasteiger partial charge is 0.206 e. The van der Waals surface area contributed by atoms with Gasteiger partial charge in [-0.1, -0.05) is 12.1 Å². The van der Waals surface area contributed by atoms with E-state index in [9.17, 15) is 0 Å². The number of allylic oxidation sites excluding steroid dienone is 2. The van der Waals surface area contributed by atoms with Crippen LogP contribution in [0, 0.1) is 34.0 Å². The molecule has 0 aliphatic rings. The first kappa shape index (κ1) is 12.7. The van der Waals surface area contributed by atoms with E-state index in [1.807, 2.05) is 0 Å². The number of hydrogen-bond acceptors (Lipinski definition) is 7. The maximum absolute atomic E-state index is 9.02. The van der Waals surface area contributed by atoms with Crippen LogP contribution in [-0.4, -0.2) is 20.6 Å². The predicted octanol–water partition coefficient (Wildman–Crippen LogP) is 1.10. The lowest BCUT2D eigenvalue weighted by Gasteiger charge is -2.08. The molecule has 0 aliphatic carbocycles. The van der Waals surface area contributed by atoms with Crippen LogP contribution >= 0.6 is 0 Å². The molecule has 0 unspecified atom stereocenters. The molecule has 1 aromatic carbocycles. The minimum atomic E-state index is -0.296. The van der Waals surface area contributed by atoms with E-state index in [2.05, 4.69) is 25.9 Å². The summed E-state index contributed by atoms with van der Waals surface area (Å²) < 4.78 is 0. The fourth-order valence-corrected chi connectivity index (χ4v) is 1.48. The molecule has 0 fully saturated rings. The number of anilines is 1. The number of hydrogen-bond donors (Lipinski definition) is 2. The lowest BCUT2D eigenvalue weighted by atomic mass is 10.1. The third kappa shape index (κ3) is 2.42. The average Bonchev–Trinajstić information content (AvgIpc) is 3.02. The van der Waals surface area contributed by atoms with E-state index in [0.29, 0.717) is 17.1 Å². The van der Waals surface area contributed by atoms with E-state index < -0.39 is 0 Å². The van der Waals surface area contributed by atoms with E-state index >= 15 is 0 Å². The summed E-state index contributed by atoms with van der Waals surface area (Å²) in [5, 5.41) is 42.8. The number of nitrogens with zero attached hydrogens (tertiary/aromatic N) is 6. The van der Waals surface area contributed by atoms with E-state index in [1.165, 1.54) is 0 Å². The topological polar surface area (TPSA) is 138 Å². The normalized spacial score (nSPS) is 8.85. The first-order valence-electron chi connectivity index (χ1n) is 5.34. The number of tetrazole rings is 1. The molecule has 2 rings (SSSR count). The monoisotopic (exact) mass is 262 g/mol. The summed E-state index contributed by atoms with van der Waals surface area (Å²) in [5.74, 6) is 0.334. The van der Waals surface area contributed by atoms with Crippen LogP contribution in [0.5, 0.6) is 0 Å². The molecule has 2 N–H and O–H groups in total. The third-order valence-electron chi connectivity index (χ3n) is 2.36. The molecule has 0 spiro atoms. The number of rotatable bonds is 3. The van der Waals surface area contributed by atoms with Crippen molar-refractivity contribution >= 4 is 5.69 Å². The number of aromatic amines is 1. The lowest BCUT2D eigenvalue weighted by molar-refractivity contribution is 0.881. The van der Waals surface area contributed by atoms with Crippen molar-refractivity contribution in [2.75, 3.05) is 5.32 Å². The minimum Gasteiger partial charge on any atom is -0.345 e. The molecule has 0 saturated carbocycles. The lowest BCUT2D eigenvalue weighted by Crippen LogP contribution is -2.02. The van der Waals surface area contributed by atoms with Crippen LogP contribution in [0.1, 0.15) is 0 Å². The molecular formula is C12H6N8. The Bertz CT molecular complexity index is 751. The van der Waals surface area contributed by atoms with Crippen LogP contribution in [0.4, 0.5) is 5.69 Å². The fourth-order valence-electron chi connectivity index (χ4n) is 1.48. The predicted molar refractivity (Wildman–Crippen MR) is 67.1 cm³/mol. The van der Waals surface area contributed by atoms with E-state index in [0.717, 1.165) is 0 Å². The van der Waals surface area contributed by atoms with Crippen molar-refractivity contribution in [2.24, 2.45) is 0 Å². The van der Waals surface area contributed by atoms with Crippen LogP contribution in [0.15, 0.2) is 35.5 Å². The molecule has 1 aromatic heterocycles. The van der Waals surface area contributed by atoms with Gasteiger partial charge in [0.15, 0.2) is 5.57 Å². The summed E-state index contributed by atoms with van der Waals surface area (Å²) in [7, 11) is 0. The molecule has 0 saturated heterocycles. The largest absolute Gasteiger partial charge is 0.345 e. The number of nitrogens with one attached hydrogen (secondary N) is 2. The quantitative estimate of drug-likeness (QED) is 0.789. The first-order chi connectivity index (χ1) is 9.80. The highest BCUT2D eigenvalue weighted by atomic mass is 15.5. The van der Waals surface area contributed by atoms with Gasteiger partial charge in [0.2, 0.25) is 5.82 Å². The summed E-state index contributed by atoms with van der Waals surface area (Å²) in [6.45, 7) is 0. The Morgan fingerprint density at radius 2 is 1.85 bits per heavy atom. The zero-order valence-corrected chi connectivity index (χ0v) is 9.99. The molecule has 8 nitrogen and oxygen atoms in total. The van der Waals surface area contributed by atoms with Gasteiger partial charge in [-0.15, -0.1) is 10.2 Å². The molecule has 0 bridgehead atoms. The Morgan fingerprint density at radius 3 is 2.45 bits per heavy atom. The van der Waals surface area contributed by atoms with Gasteiger partial charge in [0.25, 0.3) is 0 Å². The van der Waals surface area contributed by atoms with Gasteiger partial charge in [0.05, 0.1) is 5.69 Å². The molecule has 0 amide bonds. The Kier molecular flexibility index (Phi) is 3.67. The molecule has 0 aliphatic heterocycles. The van der Waals surface area contributed by atoms with Gasteiger partial charge in [-0.25, -0.2) is 0 Å².